The molecule has 0 bridgehead atoms. The standard InChI is InChI=1S/C18H18F2N2O3/c1-11(14-4-3-13(19)7-15(14)20)21-9-18(23)22-8-12-2-5-16-17(6-12)25-10-24-16/h2-7,11,21H,8-10H2,1H3,(H,22,23)/t11-/m0/s1. The number of halogens is 2. The summed E-state index contributed by atoms with van der Waals surface area (Å²) in [6.45, 7) is 2.27. The lowest BCUT2D eigenvalue weighted by atomic mass is 10.1. The predicted octanol–water partition coefficient (Wildman–Crippen LogP) is 2.66. The molecule has 0 aromatic heterocycles. The largest absolute Gasteiger partial charge is 0.454 e. The van der Waals surface area contributed by atoms with E-state index in [1.807, 2.05) is 12.1 Å². The minimum atomic E-state index is -0.638. The van der Waals surface area contributed by atoms with Crippen molar-refractivity contribution in [3.8, 4) is 11.5 Å². The lowest BCUT2D eigenvalue weighted by Gasteiger charge is -2.15. The van der Waals surface area contributed by atoms with Crippen molar-refractivity contribution in [3.63, 3.8) is 0 Å². The summed E-state index contributed by atoms with van der Waals surface area (Å²) >= 11 is 0. The smallest absolute Gasteiger partial charge is 0.234 e. The first-order valence-corrected chi connectivity index (χ1v) is 7.86. The molecule has 0 unspecified atom stereocenters. The van der Waals surface area contributed by atoms with Gasteiger partial charge in [0.25, 0.3) is 0 Å². The quantitative estimate of drug-likeness (QED) is 0.843. The van der Waals surface area contributed by atoms with Crippen LogP contribution in [0.15, 0.2) is 36.4 Å². The molecule has 132 valence electrons. The Morgan fingerprint density at radius 1 is 1.16 bits per heavy atom. The summed E-state index contributed by atoms with van der Waals surface area (Å²) in [5.74, 6) is -0.153. The Morgan fingerprint density at radius 3 is 2.76 bits per heavy atom. The zero-order valence-corrected chi connectivity index (χ0v) is 13.6. The van der Waals surface area contributed by atoms with Crippen molar-refractivity contribution in [1.82, 2.24) is 10.6 Å². The molecule has 0 spiro atoms. The molecule has 0 saturated heterocycles. The van der Waals surface area contributed by atoms with Gasteiger partial charge in [-0.2, -0.15) is 0 Å². The van der Waals surface area contributed by atoms with Crippen molar-refractivity contribution in [2.45, 2.75) is 19.5 Å². The van der Waals surface area contributed by atoms with E-state index >= 15 is 0 Å². The van der Waals surface area contributed by atoms with E-state index in [9.17, 15) is 13.6 Å². The van der Waals surface area contributed by atoms with Crippen molar-refractivity contribution in [3.05, 3.63) is 59.2 Å². The van der Waals surface area contributed by atoms with E-state index in [4.69, 9.17) is 9.47 Å². The van der Waals surface area contributed by atoms with E-state index in [0.717, 1.165) is 11.6 Å². The lowest BCUT2D eigenvalue weighted by Crippen LogP contribution is -2.34. The molecular formula is C18H18F2N2O3. The van der Waals surface area contributed by atoms with Gasteiger partial charge >= 0.3 is 0 Å². The van der Waals surface area contributed by atoms with Crippen LogP contribution in [0.3, 0.4) is 0 Å². The van der Waals surface area contributed by atoms with Gasteiger partial charge in [-0.3, -0.25) is 4.79 Å². The van der Waals surface area contributed by atoms with Gasteiger partial charge in [-0.05, 0) is 30.7 Å². The summed E-state index contributed by atoms with van der Waals surface area (Å²) in [6, 6.07) is 8.42. The van der Waals surface area contributed by atoms with Gasteiger partial charge in [0.15, 0.2) is 11.5 Å². The Labute approximate surface area is 143 Å². The summed E-state index contributed by atoms with van der Waals surface area (Å²) in [5.41, 5.74) is 1.19. The van der Waals surface area contributed by atoms with E-state index in [0.29, 0.717) is 23.6 Å². The van der Waals surface area contributed by atoms with Gasteiger partial charge < -0.3 is 20.1 Å². The molecule has 2 N–H and O–H groups in total. The topological polar surface area (TPSA) is 59.6 Å². The van der Waals surface area contributed by atoms with Gasteiger partial charge in [0.05, 0.1) is 6.54 Å². The van der Waals surface area contributed by atoms with Crippen LogP contribution in [0.5, 0.6) is 11.5 Å². The fourth-order valence-electron chi connectivity index (χ4n) is 2.52. The third kappa shape index (κ3) is 4.24. The van der Waals surface area contributed by atoms with Crippen LogP contribution in [0.2, 0.25) is 0 Å². The second-order valence-electron chi connectivity index (χ2n) is 5.73. The number of carbonyl (C=O) groups excluding carboxylic acids is 1. The van der Waals surface area contributed by atoms with Crippen molar-refractivity contribution < 1.29 is 23.0 Å². The van der Waals surface area contributed by atoms with Crippen molar-refractivity contribution in [1.29, 1.82) is 0 Å². The zero-order valence-electron chi connectivity index (χ0n) is 13.6. The summed E-state index contributed by atoms with van der Waals surface area (Å²) in [7, 11) is 0. The molecule has 0 saturated carbocycles. The number of nitrogens with one attached hydrogen (secondary N) is 2. The Morgan fingerprint density at radius 2 is 1.96 bits per heavy atom. The molecule has 0 aliphatic carbocycles. The monoisotopic (exact) mass is 348 g/mol. The molecular weight excluding hydrogens is 330 g/mol. The maximum atomic E-state index is 13.7. The van der Waals surface area contributed by atoms with Crippen molar-refractivity contribution >= 4 is 5.91 Å². The Hall–Kier alpha value is -2.67. The number of rotatable bonds is 6. The van der Waals surface area contributed by atoms with E-state index < -0.39 is 17.7 Å². The van der Waals surface area contributed by atoms with E-state index in [-0.39, 0.29) is 19.2 Å². The Kier molecular flexibility index (Phi) is 5.14. The van der Waals surface area contributed by atoms with Gasteiger partial charge in [0.1, 0.15) is 11.6 Å². The molecule has 3 rings (SSSR count). The van der Waals surface area contributed by atoms with Crippen LogP contribution < -0.4 is 20.1 Å². The van der Waals surface area contributed by atoms with Crippen LogP contribution in [-0.4, -0.2) is 19.2 Å². The number of amides is 1. The van der Waals surface area contributed by atoms with Crippen LogP contribution >= 0.6 is 0 Å². The summed E-state index contributed by atoms with van der Waals surface area (Å²) < 4.78 is 37.1. The molecule has 0 radical (unpaired) electrons. The molecule has 5 nitrogen and oxygen atoms in total. The molecule has 25 heavy (non-hydrogen) atoms. The second kappa shape index (κ2) is 7.48. The molecule has 1 amide bonds. The fraction of sp³-hybridized carbons (Fsp3) is 0.278. The SMILES string of the molecule is C[C@H](NCC(=O)NCc1ccc2c(c1)OCO2)c1ccc(F)cc1F. The number of ether oxygens (including phenoxy) is 2. The molecule has 2 aromatic rings. The average molecular weight is 348 g/mol. The van der Waals surface area contributed by atoms with Crippen LogP contribution in [-0.2, 0) is 11.3 Å². The third-order valence-electron chi connectivity index (χ3n) is 3.92. The first-order valence-electron chi connectivity index (χ1n) is 7.86. The maximum absolute atomic E-state index is 13.7. The van der Waals surface area contributed by atoms with E-state index in [1.54, 1.807) is 13.0 Å². The van der Waals surface area contributed by atoms with Crippen LogP contribution in [0, 0.1) is 11.6 Å². The van der Waals surface area contributed by atoms with E-state index in [2.05, 4.69) is 10.6 Å². The predicted molar refractivity (Wildman–Crippen MR) is 87.2 cm³/mol. The molecule has 1 heterocycles. The lowest BCUT2D eigenvalue weighted by molar-refractivity contribution is -0.120. The van der Waals surface area contributed by atoms with Gasteiger partial charge in [-0.15, -0.1) is 0 Å². The van der Waals surface area contributed by atoms with Crippen molar-refractivity contribution in [2.75, 3.05) is 13.3 Å². The summed E-state index contributed by atoms with van der Waals surface area (Å²) in [5, 5.41) is 5.69. The summed E-state index contributed by atoms with van der Waals surface area (Å²) in [4.78, 5) is 11.9. The van der Waals surface area contributed by atoms with Gasteiger partial charge in [-0.1, -0.05) is 12.1 Å². The van der Waals surface area contributed by atoms with Crippen molar-refractivity contribution in [2.24, 2.45) is 0 Å². The highest BCUT2D eigenvalue weighted by Gasteiger charge is 2.14. The highest BCUT2D eigenvalue weighted by molar-refractivity contribution is 5.78. The molecule has 2 aromatic carbocycles. The number of hydrogen-bond acceptors (Lipinski definition) is 4. The number of carbonyl (C=O) groups is 1. The van der Waals surface area contributed by atoms with Gasteiger partial charge in [0, 0.05) is 24.2 Å². The number of benzene rings is 2. The normalized spacial score (nSPS) is 13.6. The zero-order chi connectivity index (χ0) is 17.8. The van der Waals surface area contributed by atoms with Crippen LogP contribution in [0.4, 0.5) is 8.78 Å². The highest BCUT2D eigenvalue weighted by atomic mass is 19.1. The molecule has 1 aliphatic heterocycles. The van der Waals surface area contributed by atoms with Gasteiger partial charge in [-0.25, -0.2) is 8.78 Å². The van der Waals surface area contributed by atoms with E-state index in [1.165, 1.54) is 12.1 Å². The van der Waals surface area contributed by atoms with Crippen LogP contribution in [0.1, 0.15) is 24.1 Å². The first-order chi connectivity index (χ1) is 12.0. The minimum absolute atomic E-state index is 0.0164. The Balaban J connectivity index is 1.48. The molecule has 1 aliphatic rings. The second-order valence-corrected chi connectivity index (χ2v) is 5.73. The molecule has 0 fully saturated rings. The number of hydrogen-bond donors (Lipinski definition) is 2. The van der Waals surface area contributed by atoms with Gasteiger partial charge in [0.2, 0.25) is 12.7 Å². The maximum Gasteiger partial charge on any atom is 0.234 e. The third-order valence-corrected chi connectivity index (χ3v) is 3.92. The highest BCUT2D eigenvalue weighted by Crippen LogP contribution is 2.32. The Bertz CT molecular complexity index is 783. The fourth-order valence-corrected chi connectivity index (χ4v) is 2.52. The first kappa shape index (κ1) is 17.2. The summed E-state index contributed by atoms with van der Waals surface area (Å²) in [6.07, 6.45) is 0. The minimum Gasteiger partial charge on any atom is -0.454 e. The molecule has 7 heteroatoms. The average Bonchev–Trinajstić information content (AvgIpc) is 3.05. The van der Waals surface area contributed by atoms with Crippen LogP contribution in [0.25, 0.3) is 0 Å². The number of fused-ring (bicyclic) bond motifs is 1. The molecule has 1 atom stereocenters.